The molecule has 0 aliphatic carbocycles. The summed E-state index contributed by atoms with van der Waals surface area (Å²) < 4.78 is 11.9. The number of benzene rings is 1. The van der Waals surface area contributed by atoms with Crippen molar-refractivity contribution in [1.29, 1.82) is 0 Å². The molecule has 0 aliphatic heterocycles. The molecule has 0 unspecified atom stereocenters. The second kappa shape index (κ2) is 6.55. The Labute approximate surface area is 116 Å². The van der Waals surface area contributed by atoms with Crippen LogP contribution in [0.5, 0.6) is 5.75 Å². The van der Waals surface area contributed by atoms with Crippen LogP contribution < -0.4 is 10.5 Å². The van der Waals surface area contributed by atoms with Gasteiger partial charge in [-0.25, -0.2) is 9.48 Å². The van der Waals surface area contributed by atoms with Crippen LogP contribution in [0.3, 0.4) is 0 Å². The number of nitrogen functional groups attached to an aromatic ring is 1. The Hall–Kier alpha value is -2.57. The van der Waals surface area contributed by atoms with E-state index in [1.807, 2.05) is 0 Å². The van der Waals surface area contributed by atoms with Crippen molar-refractivity contribution >= 4 is 11.7 Å². The molecule has 20 heavy (non-hydrogen) atoms. The summed E-state index contributed by atoms with van der Waals surface area (Å²) in [7, 11) is 0. The molecule has 2 N–H and O–H groups in total. The number of hydrogen-bond donors (Lipinski definition) is 1. The first-order chi connectivity index (χ1) is 9.70. The van der Waals surface area contributed by atoms with Gasteiger partial charge in [-0.2, -0.15) is 0 Å². The van der Waals surface area contributed by atoms with E-state index >= 15 is 0 Å². The number of hydrogen-bond acceptors (Lipinski definition) is 6. The molecule has 0 bridgehead atoms. The highest BCUT2D eigenvalue weighted by molar-refractivity contribution is 5.87. The van der Waals surface area contributed by atoms with Gasteiger partial charge in [0.1, 0.15) is 12.4 Å². The van der Waals surface area contributed by atoms with Gasteiger partial charge >= 0.3 is 5.97 Å². The molecular formula is C13H16N4O3. The van der Waals surface area contributed by atoms with Gasteiger partial charge in [0.25, 0.3) is 0 Å². The Morgan fingerprint density at radius 1 is 1.35 bits per heavy atom. The molecule has 0 saturated heterocycles. The molecule has 1 heterocycles. The first-order valence-corrected chi connectivity index (χ1v) is 6.24. The maximum absolute atomic E-state index is 11.6. The van der Waals surface area contributed by atoms with Crippen LogP contribution in [0.2, 0.25) is 0 Å². The van der Waals surface area contributed by atoms with Crippen LogP contribution >= 0.6 is 0 Å². The lowest BCUT2D eigenvalue weighted by atomic mass is 10.3. The summed E-state index contributed by atoms with van der Waals surface area (Å²) in [6.45, 7) is 2.82. The van der Waals surface area contributed by atoms with E-state index in [0.29, 0.717) is 36.9 Å². The van der Waals surface area contributed by atoms with Crippen LogP contribution in [-0.2, 0) is 11.3 Å². The molecule has 1 aromatic heterocycles. The average Bonchev–Trinajstić information content (AvgIpc) is 2.90. The third kappa shape index (κ3) is 3.47. The van der Waals surface area contributed by atoms with E-state index in [0.717, 1.165) is 0 Å². The van der Waals surface area contributed by atoms with Gasteiger partial charge in [0, 0.05) is 5.69 Å². The van der Waals surface area contributed by atoms with E-state index in [-0.39, 0.29) is 0 Å². The minimum atomic E-state index is -0.440. The van der Waals surface area contributed by atoms with Crippen LogP contribution in [0.25, 0.3) is 0 Å². The monoisotopic (exact) mass is 276 g/mol. The van der Waals surface area contributed by atoms with Gasteiger partial charge in [-0.1, -0.05) is 5.21 Å². The molecular weight excluding hydrogens is 260 g/mol. The number of ether oxygens (including phenoxy) is 2. The maximum atomic E-state index is 11.6. The molecule has 2 aromatic rings. The standard InChI is InChI=1S/C13H16N4O3/c1-2-19-13(18)12-9-15-16-17(12)7-8-20-11-5-3-10(14)4-6-11/h3-6,9H,2,7-8,14H2,1H3. The summed E-state index contributed by atoms with van der Waals surface area (Å²) in [5, 5.41) is 7.53. The zero-order valence-corrected chi connectivity index (χ0v) is 11.2. The van der Waals surface area contributed by atoms with Crippen molar-refractivity contribution in [2.45, 2.75) is 13.5 Å². The van der Waals surface area contributed by atoms with E-state index in [9.17, 15) is 4.79 Å². The molecule has 2 rings (SSSR count). The van der Waals surface area contributed by atoms with E-state index in [4.69, 9.17) is 15.2 Å². The second-order valence-corrected chi connectivity index (χ2v) is 3.98. The number of carbonyl (C=O) groups excluding carboxylic acids is 1. The summed E-state index contributed by atoms with van der Waals surface area (Å²) in [6.07, 6.45) is 1.38. The molecule has 0 saturated carbocycles. The van der Waals surface area contributed by atoms with E-state index in [1.54, 1.807) is 31.2 Å². The number of esters is 1. The van der Waals surface area contributed by atoms with Crippen LogP contribution in [0.1, 0.15) is 17.4 Å². The lowest BCUT2D eigenvalue weighted by Crippen LogP contribution is -2.17. The van der Waals surface area contributed by atoms with Crippen LogP contribution in [-0.4, -0.2) is 34.2 Å². The average molecular weight is 276 g/mol. The molecule has 7 heteroatoms. The number of carbonyl (C=O) groups is 1. The quantitative estimate of drug-likeness (QED) is 0.627. The number of anilines is 1. The highest BCUT2D eigenvalue weighted by atomic mass is 16.5. The summed E-state index contributed by atoms with van der Waals surface area (Å²) in [4.78, 5) is 11.6. The van der Waals surface area contributed by atoms with Crippen molar-refractivity contribution in [2.24, 2.45) is 0 Å². The van der Waals surface area contributed by atoms with Crippen molar-refractivity contribution in [3.05, 3.63) is 36.2 Å². The third-order valence-corrected chi connectivity index (χ3v) is 2.55. The highest BCUT2D eigenvalue weighted by Gasteiger charge is 2.13. The molecule has 106 valence electrons. The third-order valence-electron chi connectivity index (χ3n) is 2.55. The Balaban J connectivity index is 1.90. The van der Waals surface area contributed by atoms with Crippen molar-refractivity contribution in [2.75, 3.05) is 18.9 Å². The maximum Gasteiger partial charge on any atom is 0.358 e. The number of aromatic nitrogens is 3. The summed E-state index contributed by atoms with van der Waals surface area (Å²) in [6, 6.07) is 7.08. The highest BCUT2D eigenvalue weighted by Crippen LogP contribution is 2.13. The minimum absolute atomic E-state index is 0.311. The number of nitrogens with zero attached hydrogens (tertiary/aromatic N) is 3. The molecule has 1 aromatic carbocycles. The van der Waals surface area contributed by atoms with Gasteiger partial charge in [0.15, 0.2) is 5.69 Å². The zero-order valence-electron chi connectivity index (χ0n) is 11.2. The fourth-order valence-corrected chi connectivity index (χ4v) is 1.60. The Morgan fingerprint density at radius 3 is 2.80 bits per heavy atom. The normalized spacial score (nSPS) is 10.2. The summed E-state index contributed by atoms with van der Waals surface area (Å²) >= 11 is 0. The molecule has 0 fully saturated rings. The minimum Gasteiger partial charge on any atom is -0.492 e. The van der Waals surface area contributed by atoms with Crippen molar-refractivity contribution < 1.29 is 14.3 Å². The van der Waals surface area contributed by atoms with Gasteiger partial charge in [0.05, 0.1) is 19.3 Å². The van der Waals surface area contributed by atoms with Crippen molar-refractivity contribution in [3.63, 3.8) is 0 Å². The largest absolute Gasteiger partial charge is 0.492 e. The van der Waals surface area contributed by atoms with Gasteiger partial charge < -0.3 is 15.2 Å². The fraction of sp³-hybridized carbons (Fsp3) is 0.308. The van der Waals surface area contributed by atoms with Gasteiger partial charge in [0.2, 0.25) is 0 Å². The molecule has 7 nitrogen and oxygen atoms in total. The SMILES string of the molecule is CCOC(=O)c1cnnn1CCOc1ccc(N)cc1. The predicted octanol–water partition coefficient (Wildman–Crippen LogP) is 1.12. The van der Waals surface area contributed by atoms with Crippen molar-refractivity contribution in [1.82, 2.24) is 15.0 Å². The van der Waals surface area contributed by atoms with Crippen LogP contribution in [0, 0.1) is 0 Å². The number of nitrogens with two attached hydrogens (primary N) is 1. The summed E-state index contributed by atoms with van der Waals surface area (Å²) in [5.74, 6) is 0.266. The molecule has 0 atom stereocenters. The zero-order chi connectivity index (χ0) is 14.4. The second-order valence-electron chi connectivity index (χ2n) is 3.98. The Bertz CT molecular complexity index is 565. The van der Waals surface area contributed by atoms with E-state index in [2.05, 4.69) is 10.3 Å². The Morgan fingerprint density at radius 2 is 2.10 bits per heavy atom. The van der Waals surface area contributed by atoms with Gasteiger partial charge in [-0.3, -0.25) is 0 Å². The lowest BCUT2D eigenvalue weighted by Gasteiger charge is -2.08. The van der Waals surface area contributed by atoms with Crippen LogP contribution in [0.15, 0.2) is 30.5 Å². The lowest BCUT2D eigenvalue weighted by molar-refractivity contribution is 0.0510. The van der Waals surface area contributed by atoms with Gasteiger partial charge in [-0.05, 0) is 31.2 Å². The van der Waals surface area contributed by atoms with Crippen LogP contribution in [0.4, 0.5) is 5.69 Å². The van der Waals surface area contributed by atoms with E-state index in [1.165, 1.54) is 10.9 Å². The number of rotatable bonds is 6. The molecule has 0 amide bonds. The predicted molar refractivity (Wildman–Crippen MR) is 72.3 cm³/mol. The topological polar surface area (TPSA) is 92.3 Å². The van der Waals surface area contributed by atoms with Crippen molar-refractivity contribution in [3.8, 4) is 5.75 Å². The summed E-state index contributed by atoms with van der Waals surface area (Å²) in [5.41, 5.74) is 6.58. The molecule has 0 spiro atoms. The van der Waals surface area contributed by atoms with E-state index < -0.39 is 5.97 Å². The fourth-order valence-electron chi connectivity index (χ4n) is 1.60. The molecule has 0 radical (unpaired) electrons. The molecule has 0 aliphatic rings. The smallest absolute Gasteiger partial charge is 0.358 e. The van der Waals surface area contributed by atoms with Gasteiger partial charge in [-0.15, -0.1) is 5.10 Å². The first-order valence-electron chi connectivity index (χ1n) is 6.24. The first kappa shape index (κ1) is 13.9. The Kier molecular flexibility index (Phi) is 4.54.